The number of aliphatic imine (C=N–C) groups is 1. The van der Waals surface area contributed by atoms with Crippen LogP contribution in [0.4, 0.5) is 0 Å². The number of hydrogen-bond donors (Lipinski definition) is 2. The maximum Gasteiger partial charge on any atom is 0.188 e. The molecule has 19 heavy (non-hydrogen) atoms. The lowest BCUT2D eigenvalue weighted by atomic mass is 10.3. The number of ether oxygens (including phenoxy) is 1. The zero-order valence-corrected chi connectivity index (χ0v) is 12.4. The Morgan fingerprint density at radius 1 is 1.37 bits per heavy atom. The van der Waals surface area contributed by atoms with Gasteiger partial charge in [0.1, 0.15) is 11.9 Å². The van der Waals surface area contributed by atoms with Crippen molar-refractivity contribution < 1.29 is 4.74 Å². The number of nitrogens with one attached hydrogen (secondary N) is 1. The van der Waals surface area contributed by atoms with E-state index in [0.29, 0.717) is 23.6 Å². The summed E-state index contributed by atoms with van der Waals surface area (Å²) in [6, 6.07) is 7.60. The smallest absolute Gasteiger partial charge is 0.188 e. The fraction of sp³-hybridized carbons (Fsp3) is 0.500. The predicted molar refractivity (Wildman–Crippen MR) is 80.9 cm³/mol. The Hall–Kier alpha value is -1.42. The van der Waals surface area contributed by atoms with Crippen LogP contribution in [0, 0.1) is 0 Å². The highest BCUT2D eigenvalue weighted by molar-refractivity contribution is 6.30. The summed E-state index contributed by atoms with van der Waals surface area (Å²) in [6.45, 7) is 6.62. The van der Waals surface area contributed by atoms with E-state index in [2.05, 4.69) is 24.2 Å². The lowest BCUT2D eigenvalue weighted by Gasteiger charge is -2.15. The highest BCUT2D eigenvalue weighted by atomic mass is 35.5. The van der Waals surface area contributed by atoms with Gasteiger partial charge in [-0.05, 0) is 44.5 Å². The Morgan fingerprint density at radius 2 is 2.00 bits per heavy atom. The van der Waals surface area contributed by atoms with Gasteiger partial charge in [-0.15, -0.1) is 0 Å². The highest BCUT2D eigenvalue weighted by Crippen LogP contribution is 2.16. The standard InChI is InChI=1S/C14H22ClN3O/c1-4-10(2)18-14(16)17-9-11(3)19-13-7-5-12(15)6-8-13/h5-8,10-11H,4,9H2,1-3H3,(H3,16,17,18). The number of nitrogens with two attached hydrogens (primary N) is 1. The van der Waals surface area contributed by atoms with Crippen LogP contribution >= 0.6 is 11.6 Å². The molecule has 4 nitrogen and oxygen atoms in total. The summed E-state index contributed by atoms with van der Waals surface area (Å²) in [5.41, 5.74) is 5.78. The summed E-state index contributed by atoms with van der Waals surface area (Å²) in [5.74, 6) is 1.24. The van der Waals surface area contributed by atoms with Crippen LogP contribution in [0.3, 0.4) is 0 Å². The number of nitrogens with zero attached hydrogens (tertiary/aromatic N) is 1. The van der Waals surface area contributed by atoms with Gasteiger partial charge < -0.3 is 15.8 Å². The fourth-order valence-electron chi connectivity index (χ4n) is 1.41. The van der Waals surface area contributed by atoms with E-state index in [1.807, 2.05) is 19.1 Å². The summed E-state index contributed by atoms with van der Waals surface area (Å²) >= 11 is 5.81. The van der Waals surface area contributed by atoms with Gasteiger partial charge in [-0.2, -0.15) is 0 Å². The Labute approximate surface area is 120 Å². The van der Waals surface area contributed by atoms with Crippen LogP contribution in [0.1, 0.15) is 27.2 Å². The summed E-state index contributed by atoms with van der Waals surface area (Å²) in [4.78, 5) is 4.26. The van der Waals surface area contributed by atoms with Gasteiger partial charge in [-0.3, -0.25) is 0 Å². The monoisotopic (exact) mass is 283 g/mol. The van der Waals surface area contributed by atoms with Crippen molar-refractivity contribution in [1.82, 2.24) is 5.32 Å². The number of hydrogen-bond acceptors (Lipinski definition) is 2. The molecule has 1 aromatic carbocycles. The molecule has 0 fully saturated rings. The third kappa shape index (κ3) is 6.34. The van der Waals surface area contributed by atoms with Crippen LogP contribution in [-0.4, -0.2) is 24.7 Å². The topological polar surface area (TPSA) is 59.6 Å². The Kier molecular flexibility index (Phi) is 6.50. The van der Waals surface area contributed by atoms with Crippen molar-refractivity contribution in [3.8, 4) is 5.75 Å². The van der Waals surface area contributed by atoms with E-state index in [0.717, 1.165) is 12.2 Å². The number of guanidine groups is 1. The Bertz CT molecular complexity index is 406. The first-order valence-electron chi connectivity index (χ1n) is 6.50. The lowest BCUT2D eigenvalue weighted by Crippen LogP contribution is -2.38. The van der Waals surface area contributed by atoms with Crippen LogP contribution in [0.15, 0.2) is 29.3 Å². The molecule has 0 aliphatic carbocycles. The van der Waals surface area contributed by atoms with Gasteiger partial charge in [0.15, 0.2) is 5.96 Å². The molecule has 0 aliphatic heterocycles. The average Bonchev–Trinajstić information content (AvgIpc) is 2.39. The third-order valence-electron chi connectivity index (χ3n) is 2.68. The first kappa shape index (κ1) is 15.6. The van der Waals surface area contributed by atoms with Crippen LogP contribution in [-0.2, 0) is 0 Å². The average molecular weight is 284 g/mol. The van der Waals surface area contributed by atoms with Crippen LogP contribution in [0.2, 0.25) is 5.02 Å². The molecule has 0 aliphatic rings. The molecule has 0 spiro atoms. The maximum atomic E-state index is 5.81. The molecule has 0 saturated carbocycles. The van der Waals surface area contributed by atoms with Crippen LogP contribution in [0.25, 0.3) is 0 Å². The normalized spacial score (nSPS) is 14.8. The molecule has 2 atom stereocenters. The minimum atomic E-state index is -0.0431. The molecule has 2 unspecified atom stereocenters. The second-order valence-electron chi connectivity index (χ2n) is 4.56. The molecule has 0 radical (unpaired) electrons. The molecule has 0 saturated heterocycles. The number of halogens is 1. The summed E-state index contributed by atoms with van der Waals surface area (Å²) in [6.07, 6.45) is 0.964. The zero-order valence-electron chi connectivity index (χ0n) is 11.7. The second-order valence-corrected chi connectivity index (χ2v) is 5.00. The first-order valence-corrected chi connectivity index (χ1v) is 6.87. The van der Waals surface area contributed by atoms with Crippen LogP contribution in [0.5, 0.6) is 5.75 Å². The van der Waals surface area contributed by atoms with Crippen LogP contribution < -0.4 is 15.8 Å². The van der Waals surface area contributed by atoms with Crippen molar-refractivity contribution in [2.24, 2.45) is 10.7 Å². The van der Waals surface area contributed by atoms with E-state index in [9.17, 15) is 0 Å². The van der Waals surface area contributed by atoms with Gasteiger partial charge in [0, 0.05) is 11.1 Å². The minimum absolute atomic E-state index is 0.0431. The molecule has 0 aromatic heterocycles. The highest BCUT2D eigenvalue weighted by Gasteiger charge is 2.04. The molecular weight excluding hydrogens is 262 g/mol. The molecule has 106 valence electrons. The van der Waals surface area contributed by atoms with Gasteiger partial charge in [-0.25, -0.2) is 4.99 Å². The molecule has 5 heteroatoms. The lowest BCUT2D eigenvalue weighted by molar-refractivity contribution is 0.230. The van der Waals surface area contributed by atoms with Gasteiger partial charge in [0.05, 0.1) is 6.54 Å². The number of rotatable bonds is 6. The van der Waals surface area contributed by atoms with Crippen molar-refractivity contribution in [2.45, 2.75) is 39.3 Å². The van der Waals surface area contributed by atoms with E-state index >= 15 is 0 Å². The van der Waals surface area contributed by atoms with Crippen molar-refractivity contribution in [3.63, 3.8) is 0 Å². The van der Waals surface area contributed by atoms with E-state index in [1.165, 1.54) is 0 Å². The van der Waals surface area contributed by atoms with Crippen molar-refractivity contribution in [2.75, 3.05) is 6.54 Å². The minimum Gasteiger partial charge on any atom is -0.489 e. The number of benzene rings is 1. The van der Waals surface area contributed by atoms with Gasteiger partial charge >= 0.3 is 0 Å². The molecule has 1 rings (SSSR count). The van der Waals surface area contributed by atoms with E-state index in [-0.39, 0.29) is 6.10 Å². The third-order valence-corrected chi connectivity index (χ3v) is 2.93. The zero-order chi connectivity index (χ0) is 14.3. The largest absolute Gasteiger partial charge is 0.489 e. The summed E-state index contributed by atoms with van der Waals surface area (Å²) in [5, 5.41) is 3.81. The summed E-state index contributed by atoms with van der Waals surface area (Å²) in [7, 11) is 0. The quantitative estimate of drug-likeness (QED) is 0.623. The maximum absolute atomic E-state index is 5.81. The molecule has 0 amide bonds. The van der Waals surface area contributed by atoms with Crippen molar-refractivity contribution in [1.29, 1.82) is 0 Å². The van der Waals surface area contributed by atoms with E-state index in [1.54, 1.807) is 12.1 Å². The van der Waals surface area contributed by atoms with Gasteiger partial charge in [0.25, 0.3) is 0 Å². The molecule has 1 aromatic rings. The first-order chi connectivity index (χ1) is 9.01. The van der Waals surface area contributed by atoms with Gasteiger partial charge in [-0.1, -0.05) is 18.5 Å². The second kappa shape index (κ2) is 7.89. The molecule has 0 heterocycles. The SMILES string of the molecule is CCC(C)NC(N)=NCC(C)Oc1ccc(Cl)cc1. The fourth-order valence-corrected chi connectivity index (χ4v) is 1.54. The molecule has 0 bridgehead atoms. The van der Waals surface area contributed by atoms with Gasteiger partial charge in [0.2, 0.25) is 0 Å². The molecular formula is C14H22ClN3O. The Balaban J connectivity index is 2.40. The van der Waals surface area contributed by atoms with E-state index in [4.69, 9.17) is 22.1 Å². The van der Waals surface area contributed by atoms with Crippen molar-refractivity contribution in [3.05, 3.63) is 29.3 Å². The molecule has 3 N–H and O–H groups in total. The van der Waals surface area contributed by atoms with E-state index < -0.39 is 0 Å². The predicted octanol–water partition coefficient (Wildman–Crippen LogP) is 2.81. The summed E-state index contributed by atoms with van der Waals surface area (Å²) < 4.78 is 5.70. The Morgan fingerprint density at radius 3 is 2.58 bits per heavy atom. The van der Waals surface area contributed by atoms with Crippen molar-refractivity contribution >= 4 is 17.6 Å².